The van der Waals surface area contributed by atoms with Crippen molar-refractivity contribution in [2.24, 2.45) is 0 Å². The predicted molar refractivity (Wildman–Crippen MR) is 38.1 cm³/mol. The van der Waals surface area contributed by atoms with Gasteiger partial charge in [0.2, 0.25) is 9.38 Å². The molecule has 1 aliphatic heterocycles. The summed E-state index contributed by atoms with van der Waals surface area (Å²) in [5.41, 5.74) is 1.33. The van der Waals surface area contributed by atoms with Gasteiger partial charge in [0.05, 0.1) is 6.26 Å². The minimum atomic E-state index is 0.0613. The van der Waals surface area contributed by atoms with Crippen LogP contribution in [0, 0.1) is 0 Å². The van der Waals surface area contributed by atoms with Crippen molar-refractivity contribution in [3.63, 3.8) is 0 Å². The summed E-state index contributed by atoms with van der Waals surface area (Å²) < 4.78 is 5.16. The Morgan fingerprint density at radius 2 is 2.22 bits per heavy atom. The lowest BCUT2D eigenvalue weighted by molar-refractivity contribution is 0.663. The third kappa shape index (κ3) is 0.714. The van der Waals surface area contributed by atoms with Gasteiger partial charge in [-0.1, -0.05) is 18.2 Å². The zero-order chi connectivity index (χ0) is 6.10. The van der Waals surface area contributed by atoms with E-state index in [0.29, 0.717) is 0 Å². The van der Waals surface area contributed by atoms with E-state index < -0.39 is 0 Å². The summed E-state index contributed by atoms with van der Waals surface area (Å²) in [4.78, 5) is 0. The van der Waals surface area contributed by atoms with Crippen LogP contribution in [0.4, 0.5) is 0 Å². The van der Waals surface area contributed by atoms with E-state index in [1.807, 2.05) is 6.07 Å². The highest BCUT2D eigenvalue weighted by Gasteiger charge is 1.97. The molecule has 0 atom stereocenters. The smallest absolute Gasteiger partial charge is 0.231 e. The van der Waals surface area contributed by atoms with Crippen molar-refractivity contribution in [1.29, 1.82) is 0 Å². The molecule has 9 heavy (non-hydrogen) atoms. The lowest BCUT2D eigenvalue weighted by Crippen LogP contribution is -1.76. The van der Waals surface area contributed by atoms with Gasteiger partial charge in [-0.05, 0) is 16.8 Å². The molecule has 1 aliphatic carbocycles. The van der Waals surface area contributed by atoms with E-state index in [9.17, 15) is 0 Å². The first-order chi connectivity index (χ1) is 4.47. The Bertz CT molecular complexity index is 249. The van der Waals surface area contributed by atoms with Crippen LogP contribution in [0.15, 0.2) is 34.6 Å². The largest absolute Gasteiger partial charge is 0.525 e. The molecule has 0 fully saturated rings. The second-order valence-corrected chi connectivity index (χ2v) is 3.12. The Labute approximate surface area is 55.5 Å². The summed E-state index contributed by atoms with van der Waals surface area (Å²) in [7, 11) is 0.0613. The molecule has 2 rings (SSSR count). The Hall–Kier alpha value is -0.893. The predicted octanol–water partition coefficient (Wildman–Crippen LogP) is 1.45. The molecule has 1 heterocycles. The molecule has 0 radical (unpaired) electrons. The van der Waals surface area contributed by atoms with Crippen LogP contribution in [0.2, 0.25) is 0 Å². The summed E-state index contributed by atoms with van der Waals surface area (Å²) >= 11 is 0. The van der Waals surface area contributed by atoms with Gasteiger partial charge in [0.25, 0.3) is 0 Å². The molecule has 0 spiro atoms. The first-order valence-electron chi connectivity index (χ1n) is 2.88. The van der Waals surface area contributed by atoms with E-state index in [0.717, 1.165) is 0 Å². The molecule has 0 amide bonds. The van der Waals surface area contributed by atoms with Gasteiger partial charge >= 0.3 is 0 Å². The van der Waals surface area contributed by atoms with Crippen molar-refractivity contribution >= 4 is 9.38 Å². The zero-order valence-corrected chi connectivity index (χ0v) is 6.03. The highest BCUT2D eigenvalue weighted by Crippen LogP contribution is 2.17. The first-order valence-corrected chi connectivity index (χ1v) is 3.92. The normalized spacial score (nSPS) is 10.2. The fourth-order valence-corrected chi connectivity index (χ4v) is 1.75. The monoisotopic (exact) mass is 134 g/mol. The Kier molecular flexibility index (Phi) is 0.992. The van der Waals surface area contributed by atoms with Crippen LogP contribution in [0.1, 0.15) is 0 Å². The first kappa shape index (κ1) is 4.94. The van der Waals surface area contributed by atoms with Crippen molar-refractivity contribution in [3.05, 3.63) is 30.5 Å². The van der Waals surface area contributed by atoms with Crippen molar-refractivity contribution in [3.8, 4) is 10.7 Å². The maximum absolute atomic E-state index is 5.16. The van der Waals surface area contributed by atoms with Crippen LogP contribution in [-0.4, -0.2) is 9.38 Å². The molecule has 0 unspecified atom stereocenters. The summed E-state index contributed by atoms with van der Waals surface area (Å²) in [5.74, 6) is 0. The van der Waals surface area contributed by atoms with Gasteiger partial charge in [-0.15, -0.1) is 0 Å². The van der Waals surface area contributed by atoms with Crippen LogP contribution in [-0.2, 0) is 0 Å². The van der Waals surface area contributed by atoms with E-state index in [4.69, 9.17) is 4.10 Å². The summed E-state index contributed by atoms with van der Waals surface area (Å²) in [6.07, 6.45) is 1.78. The van der Waals surface area contributed by atoms with E-state index in [2.05, 4.69) is 18.2 Å². The molecule has 0 saturated carbocycles. The molecule has 2 aliphatic rings. The van der Waals surface area contributed by atoms with Gasteiger partial charge in [-0.2, -0.15) is 0 Å². The zero-order valence-electron chi connectivity index (χ0n) is 4.87. The minimum absolute atomic E-state index is 0.0613. The van der Waals surface area contributed by atoms with E-state index in [-0.39, 0.29) is 9.38 Å². The quantitative estimate of drug-likeness (QED) is 0.497. The van der Waals surface area contributed by atoms with Crippen molar-refractivity contribution in [2.75, 3.05) is 0 Å². The summed E-state index contributed by atoms with van der Waals surface area (Å²) in [6, 6.07) is 8.30. The van der Waals surface area contributed by atoms with Crippen molar-refractivity contribution in [1.82, 2.24) is 0 Å². The lowest BCUT2D eigenvalue weighted by Gasteiger charge is -1.91. The Morgan fingerprint density at radius 3 is 3.11 bits per heavy atom. The third-order valence-electron chi connectivity index (χ3n) is 1.41. The minimum Gasteiger partial charge on any atom is -0.525 e. The molecule has 44 valence electrons. The fraction of sp³-hybridized carbons (Fsp3) is 0. The molecule has 0 N–H and O–H groups in total. The van der Waals surface area contributed by atoms with Gasteiger partial charge in [-0.3, -0.25) is 0 Å². The second-order valence-electron chi connectivity index (χ2n) is 1.99. The van der Waals surface area contributed by atoms with Gasteiger partial charge in [-0.25, -0.2) is 0 Å². The Balaban J connectivity index is 2.79. The average Bonchev–Trinajstić information content (AvgIpc) is 2.33. The maximum Gasteiger partial charge on any atom is 0.231 e. The van der Waals surface area contributed by atoms with Crippen molar-refractivity contribution < 1.29 is 4.10 Å². The van der Waals surface area contributed by atoms with Crippen LogP contribution in [0.3, 0.4) is 0 Å². The van der Waals surface area contributed by atoms with Crippen LogP contribution >= 0.6 is 0 Å². The molecule has 1 nitrogen and oxygen atoms in total. The summed E-state index contributed by atoms with van der Waals surface area (Å²) in [6.45, 7) is 0. The van der Waals surface area contributed by atoms with E-state index in [1.165, 1.54) is 10.7 Å². The lowest BCUT2D eigenvalue weighted by atomic mass is 10.3. The second kappa shape index (κ2) is 1.81. The number of hydrogen-bond acceptors (Lipinski definition) is 1. The molecular formula is C7H6OSi. The third-order valence-corrected chi connectivity index (χ3v) is 2.48. The molecule has 0 saturated heterocycles. The number of fused-ring (bicyclic) bond motifs is 1. The molecule has 0 bridgehead atoms. The molecule has 2 heteroatoms. The van der Waals surface area contributed by atoms with Gasteiger partial charge < -0.3 is 4.10 Å². The van der Waals surface area contributed by atoms with Crippen LogP contribution in [0.25, 0.3) is 10.7 Å². The van der Waals surface area contributed by atoms with Gasteiger partial charge in [0, 0.05) is 0 Å². The topological polar surface area (TPSA) is 13.1 Å². The maximum atomic E-state index is 5.16. The average molecular weight is 134 g/mol. The fourth-order valence-electron chi connectivity index (χ4n) is 0.932. The molecular weight excluding hydrogens is 128 g/mol. The molecule has 0 aromatic rings. The number of hydrogen-bond donors (Lipinski definition) is 0. The van der Waals surface area contributed by atoms with Crippen LogP contribution < -0.4 is 0 Å². The van der Waals surface area contributed by atoms with E-state index in [1.54, 1.807) is 6.26 Å². The number of rotatable bonds is 0. The Morgan fingerprint density at radius 1 is 1.22 bits per heavy atom. The van der Waals surface area contributed by atoms with Crippen molar-refractivity contribution in [2.45, 2.75) is 0 Å². The highest BCUT2D eigenvalue weighted by atomic mass is 28.2. The standard InChI is InChI=1S/C7H6OSi/c1-2-6-4-5-8-9-7(6)3-1/h1-5,9H. The van der Waals surface area contributed by atoms with E-state index >= 15 is 0 Å². The van der Waals surface area contributed by atoms with Crippen LogP contribution in [0.5, 0.6) is 0 Å². The SMILES string of the molecule is c1cc2cco[siH]c-2c1. The molecule has 0 aromatic heterocycles. The van der Waals surface area contributed by atoms with Gasteiger partial charge in [0.1, 0.15) is 0 Å². The highest BCUT2D eigenvalue weighted by molar-refractivity contribution is 6.31. The summed E-state index contributed by atoms with van der Waals surface area (Å²) in [5, 5.41) is 1.37. The molecule has 0 aromatic carbocycles. The van der Waals surface area contributed by atoms with Gasteiger partial charge in [0.15, 0.2) is 0 Å².